The molecule has 0 radical (unpaired) electrons. The molecule has 0 heterocycles. The van der Waals surface area contributed by atoms with Crippen molar-refractivity contribution in [2.75, 3.05) is 0 Å². The summed E-state index contributed by atoms with van der Waals surface area (Å²) in [6.45, 7) is 4.03. The molecule has 0 aliphatic heterocycles. The third kappa shape index (κ3) is 3.61. The minimum absolute atomic E-state index is 0.0382. The van der Waals surface area contributed by atoms with Gasteiger partial charge in [0.2, 0.25) is 0 Å². The first kappa shape index (κ1) is 12.7. The van der Waals surface area contributed by atoms with Gasteiger partial charge in [-0.1, -0.05) is 22.9 Å². The maximum Gasteiger partial charge on any atom is 0.252 e. The third-order valence-electron chi connectivity index (χ3n) is 2.17. The van der Waals surface area contributed by atoms with Gasteiger partial charge in [-0.2, -0.15) is 0 Å². The second kappa shape index (κ2) is 5.66. The molecular weight excluding hydrogens is 322 g/mol. The Balaban J connectivity index is 2.82. The summed E-state index contributed by atoms with van der Waals surface area (Å²) in [5.41, 5.74) is 0.665. The van der Waals surface area contributed by atoms with Crippen molar-refractivity contribution in [1.29, 1.82) is 0 Å². The van der Waals surface area contributed by atoms with Gasteiger partial charge in [0.25, 0.3) is 5.91 Å². The van der Waals surface area contributed by atoms with Crippen LogP contribution in [0.4, 0.5) is 0 Å². The van der Waals surface area contributed by atoms with Crippen molar-refractivity contribution in [2.24, 2.45) is 0 Å². The second-order valence-corrected chi connectivity index (χ2v) is 5.18. The van der Waals surface area contributed by atoms with Gasteiger partial charge >= 0.3 is 0 Å². The maximum atomic E-state index is 11.8. The standard InChI is InChI=1S/C11H13Br2NO/c1-3-7(2)14-11(15)9-5-4-8(12)6-10(9)13/h4-7H,3H2,1-2H3,(H,14,15). The molecule has 2 nitrogen and oxygen atoms in total. The summed E-state index contributed by atoms with van der Waals surface area (Å²) in [7, 11) is 0. The van der Waals surface area contributed by atoms with Crippen LogP contribution in [0.5, 0.6) is 0 Å². The summed E-state index contributed by atoms with van der Waals surface area (Å²) in [4.78, 5) is 11.8. The highest BCUT2D eigenvalue weighted by atomic mass is 79.9. The van der Waals surface area contributed by atoms with Gasteiger partial charge in [0.05, 0.1) is 5.56 Å². The first-order chi connectivity index (χ1) is 7.04. The molecule has 0 spiro atoms. The number of carbonyl (C=O) groups excluding carboxylic acids is 1. The molecule has 1 N–H and O–H groups in total. The highest BCUT2D eigenvalue weighted by Crippen LogP contribution is 2.21. The van der Waals surface area contributed by atoms with Crippen LogP contribution in [0, 0.1) is 0 Å². The van der Waals surface area contributed by atoms with E-state index in [1.54, 1.807) is 6.07 Å². The van der Waals surface area contributed by atoms with Crippen molar-refractivity contribution in [1.82, 2.24) is 5.32 Å². The highest BCUT2D eigenvalue weighted by molar-refractivity contribution is 9.11. The van der Waals surface area contributed by atoms with Crippen molar-refractivity contribution < 1.29 is 4.79 Å². The van der Waals surface area contributed by atoms with E-state index < -0.39 is 0 Å². The summed E-state index contributed by atoms with van der Waals surface area (Å²) in [5.74, 6) is -0.0382. The molecule has 82 valence electrons. The fraction of sp³-hybridized carbons (Fsp3) is 0.364. The van der Waals surface area contributed by atoms with Gasteiger partial charge in [0.15, 0.2) is 0 Å². The number of carbonyl (C=O) groups is 1. The zero-order valence-corrected chi connectivity index (χ0v) is 11.9. The number of amides is 1. The van der Waals surface area contributed by atoms with E-state index in [4.69, 9.17) is 0 Å². The molecular formula is C11H13Br2NO. The molecule has 1 rings (SSSR count). The second-order valence-electron chi connectivity index (χ2n) is 3.41. The van der Waals surface area contributed by atoms with Gasteiger partial charge in [0, 0.05) is 15.0 Å². The lowest BCUT2D eigenvalue weighted by atomic mass is 10.2. The maximum absolute atomic E-state index is 11.8. The number of hydrogen-bond donors (Lipinski definition) is 1. The quantitative estimate of drug-likeness (QED) is 0.896. The van der Waals surface area contributed by atoms with Crippen LogP contribution in [0.25, 0.3) is 0 Å². The predicted molar refractivity (Wildman–Crippen MR) is 69.1 cm³/mol. The lowest BCUT2D eigenvalue weighted by Crippen LogP contribution is -2.32. The van der Waals surface area contributed by atoms with Crippen molar-refractivity contribution in [3.05, 3.63) is 32.7 Å². The molecule has 0 saturated carbocycles. The minimum atomic E-state index is -0.0382. The predicted octanol–water partition coefficient (Wildman–Crippen LogP) is 3.74. The molecule has 0 fully saturated rings. The van der Waals surface area contributed by atoms with Crippen LogP contribution < -0.4 is 5.32 Å². The molecule has 1 aromatic rings. The first-order valence-electron chi connectivity index (χ1n) is 4.80. The van der Waals surface area contributed by atoms with Crippen LogP contribution in [0.1, 0.15) is 30.6 Å². The summed E-state index contributed by atoms with van der Waals surface area (Å²) in [5, 5.41) is 2.92. The Morgan fingerprint density at radius 2 is 2.13 bits per heavy atom. The van der Waals surface area contributed by atoms with Gasteiger partial charge in [-0.3, -0.25) is 4.79 Å². The topological polar surface area (TPSA) is 29.1 Å². The van der Waals surface area contributed by atoms with Crippen molar-refractivity contribution in [3.63, 3.8) is 0 Å². The Bertz CT molecular complexity index is 366. The van der Waals surface area contributed by atoms with E-state index in [-0.39, 0.29) is 11.9 Å². The molecule has 0 aromatic heterocycles. The molecule has 15 heavy (non-hydrogen) atoms. The van der Waals surface area contributed by atoms with E-state index in [1.807, 2.05) is 26.0 Å². The van der Waals surface area contributed by atoms with Crippen molar-refractivity contribution in [3.8, 4) is 0 Å². The van der Waals surface area contributed by atoms with Crippen LogP contribution >= 0.6 is 31.9 Å². The lowest BCUT2D eigenvalue weighted by Gasteiger charge is -2.12. The van der Waals surface area contributed by atoms with E-state index >= 15 is 0 Å². The zero-order chi connectivity index (χ0) is 11.4. The highest BCUT2D eigenvalue weighted by Gasteiger charge is 2.11. The molecule has 1 aromatic carbocycles. The third-order valence-corrected chi connectivity index (χ3v) is 3.31. The van der Waals surface area contributed by atoms with E-state index in [0.29, 0.717) is 5.56 Å². The van der Waals surface area contributed by atoms with Gasteiger partial charge in [-0.15, -0.1) is 0 Å². The summed E-state index contributed by atoms with van der Waals surface area (Å²) < 4.78 is 1.76. The number of hydrogen-bond acceptors (Lipinski definition) is 1. The largest absolute Gasteiger partial charge is 0.350 e. The Kier molecular flexibility index (Phi) is 4.80. The summed E-state index contributed by atoms with van der Waals surface area (Å²) in [6.07, 6.45) is 0.930. The smallest absolute Gasteiger partial charge is 0.252 e. The summed E-state index contributed by atoms with van der Waals surface area (Å²) in [6, 6.07) is 5.72. The number of nitrogens with one attached hydrogen (secondary N) is 1. The van der Waals surface area contributed by atoms with Crippen molar-refractivity contribution in [2.45, 2.75) is 26.3 Å². The van der Waals surface area contributed by atoms with Gasteiger partial charge in [-0.25, -0.2) is 0 Å². The molecule has 0 bridgehead atoms. The Hall–Kier alpha value is -0.350. The monoisotopic (exact) mass is 333 g/mol. The average molecular weight is 335 g/mol. The van der Waals surface area contributed by atoms with Gasteiger partial charge in [-0.05, 0) is 47.5 Å². The molecule has 0 saturated heterocycles. The van der Waals surface area contributed by atoms with E-state index in [0.717, 1.165) is 15.4 Å². The first-order valence-corrected chi connectivity index (χ1v) is 6.39. The van der Waals surface area contributed by atoms with Crippen LogP contribution in [-0.4, -0.2) is 11.9 Å². The fourth-order valence-corrected chi connectivity index (χ4v) is 2.30. The van der Waals surface area contributed by atoms with Gasteiger partial charge in [0.1, 0.15) is 0 Å². The summed E-state index contributed by atoms with van der Waals surface area (Å²) >= 11 is 6.72. The van der Waals surface area contributed by atoms with E-state index in [1.165, 1.54) is 0 Å². The Morgan fingerprint density at radius 1 is 1.47 bits per heavy atom. The number of benzene rings is 1. The van der Waals surface area contributed by atoms with E-state index in [9.17, 15) is 4.79 Å². The van der Waals surface area contributed by atoms with Crippen LogP contribution in [0.2, 0.25) is 0 Å². The van der Waals surface area contributed by atoms with Crippen LogP contribution in [0.3, 0.4) is 0 Å². The minimum Gasteiger partial charge on any atom is -0.350 e. The fourth-order valence-electron chi connectivity index (χ4n) is 1.08. The van der Waals surface area contributed by atoms with Gasteiger partial charge < -0.3 is 5.32 Å². The Morgan fingerprint density at radius 3 is 2.67 bits per heavy atom. The normalized spacial score (nSPS) is 12.3. The zero-order valence-electron chi connectivity index (χ0n) is 8.68. The van der Waals surface area contributed by atoms with Crippen LogP contribution in [-0.2, 0) is 0 Å². The molecule has 1 atom stereocenters. The average Bonchev–Trinajstić information content (AvgIpc) is 2.17. The molecule has 1 amide bonds. The molecule has 0 aliphatic carbocycles. The molecule has 4 heteroatoms. The SMILES string of the molecule is CCC(C)NC(=O)c1ccc(Br)cc1Br. The lowest BCUT2D eigenvalue weighted by molar-refractivity contribution is 0.0938. The van der Waals surface area contributed by atoms with Crippen LogP contribution in [0.15, 0.2) is 27.1 Å². The number of halogens is 2. The van der Waals surface area contributed by atoms with Crippen molar-refractivity contribution >= 4 is 37.8 Å². The van der Waals surface area contributed by atoms with E-state index in [2.05, 4.69) is 37.2 Å². The number of rotatable bonds is 3. The Labute approximate surface area is 107 Å². The molecule has 1 unspecified atom stereocenters. The molecule has 0 aliphatic rings.